The molecule has 0 aromatic carbocycles. The average Bonchev–Trinajstić information content (AvgIpc) is 1.88. The number of hydrazine groups is 1. The molecule has 0 bridgehead atoms. The zero-order valence-electron chi connectivity index (χ0n) is 4.97. The molecular formula is C5H7ClN2O. The third kappa shape index (κ3) is 1.62. The van der Waals surface area contributed by atoms with Gasteiger partial charge in [-0.05, 0) is 6.08 Å². The van der Waals surface area contributed by atoms with Crippen LogP contribution in [0.5, 0.6) is 0 Å². The van der Waals surface area contributed by atoms with Crippen molar-refractivity contribution in [2.24, 2.45) is 0 Å². The minimum Gasteiger partial charge on any atom is -0.282 e. The van der Waals surface area contributed by atoms with Crippen molar-refractivity contribution in [3.63, 3.8) is 0 Å². The number of nitrogens with one attached hydrogen (secondary N) is 1. The quantitative estimate of drug-likeness (QED) is 0.597. The highest BCUT2D eigenvalue weighted by molar-refractivity contribution is 6.31. The van der Waals surface area contributed by atoms with E-state index in [0.717, 1.165) is 0 Å². The van der Waals surface area contributed by atoms with E-state index in [0.29, 0.717) is 5.03 Å². The molecule has 50 valence electrons. The Labute approximate surface area is 58.5 Å². The van der Waals surface area contributed by atoms with E-state index in [9.17, 15) is 0 Å². The van der Waals surface area contributed by atoms with Crippen LogP contribution in [0.25, 0.3) is 0 Å². The molecule has 0 radical (unpaired) electrons. The number of allylic oxidation sites excluding steroid dienone is 2. The van der Waals surface area contributed by atoms with Crippen molar-refractivity contribution < 1.29 is 4.84 Å². The van der Waals surface area contributed by atoms with Gasteiger partial charge < -0.3 is 0 Å². The van der Waals surface area contributed by atoms with E-state index in [1.807, 2.05) is 0 Å². The van der Waals surface area contributed by atoms with Crippen molar-refractivity contribution in [3.05, 3.63) is 23.5 Å². The van der Waals surface area contributed by atoms with Crippen molar-refractivity contribution in [2.45, 2.75) is 0 Å². The second kappa shape index (κ2) is 2.75. The number of hydrogen-bond donors (Lipinski definition) is 1. The van der Waals surface area contributed by atoms with Gasteiger partial charge in [0.25, 0.3) is 0 Å². The Balaban J connectivity index is 2.55. The van der Waals surface area contributed by atoms with Crippen LogP contribution in [0, 0.1) is 0 Å². The molecule has 3 nitrogen and oxygen atoms in total. The van der Waals surface area contributed by atoms with E-state index in [1.54, 1.807) is 25.6 Å². The van der Waals surface area contributed by atoms with Crippen LogP contribution in [0.2, 0.25) is 0 Å². The molecule has 0 fully saturated rings. The molecule has 0 amide bonds. The first-order valence-electron chi connectivity index (χ1n) is 2.46. The number of nitrogens with zero attached hydrogens (tertiary/aromatic N) is 1. The van der Waals surface area contributed by atoms with E-state index in [1.165, 1.54) is 5.17 Å². The second-order valence-corrected chi connectivity index (χ2v) is 1.92. The van der Waals surface area contributed by atoms with Crippen LogP contribution < -0.4 is 5.43 Å². The summed E-state index contributed by atoms with van der Waals surface area (Å²) in [5.74, 6) is 0. The lowest BCUT2D eigenvalue weighted by molar-refractivity contribution is -0.118. The monoisotopic (exact) mass is 146 g/mol. The lowest BCUT2D eigenvalue weighted by Gasteiger charge is -2.18. The number of hydroxylamine groups is 1. The van der Waals surface area contributed by atoms with Gasteiger partial charge in [0.15, 0.2) is 0 Å². The van der Waals surface area contributed by atoms with Crippen LogP contribution in [-0.2, 0) is 4.84 Å². The predicted octanol–water partition coefficient (Wildman–Crippen LogP) is 0.962. The normalized spacial score (nSPS) is 17.1. The van der Waals surface area contributed by atoms with Gasteiger partial charge in [0.1, 0.15) is 0 Å². The third-order valence-electron chi connectivity index (χ3n) is 0.882. The van der Waals surface area contributed by atoms with Gasteiger partial charge in [0.2, 0.25) is 0 Å². The van der Waals surface area contributed by atoms with Gasteiger partial charge in [0.05, 0.1) is 18.3 Å². The summed E-state index contributed by atoms with van der Waals surface area (Å²) in [6.07, 6.45) is 5.05. The lowest BCUT2D eigenvalue weighted by Crippen LogP contribution is -2.29. The Morgan fingerprint density at radius 3 is 3.00 bits per heavy atom. The van der Waals surface area contributed by atoms with Crippen LogP contribution in [-0.4, -0.2) is 12.3 Å². The summed E-state index contributed by atoms with van der Waals surface area (Å²) < 4.78 is 0. The van der Waals surface area contributed by atoms with Crippen LogP contribution >= 0.6 is 11.6 Å². The highest BCUT2D eigenvalue weighted by atomic mass is 35.5. The maximum Gasteiger partial charge on any atom is 0.0704 e. The molecule has 0 saturated heterocycles. The Morgan fingerprint density at radius 1 is 1.78 bits per heavy atom. The van der Waals surface area contributed by atoms with Crippen LogP contribution in [0.15, 0.2) is 23.5 Å². The first-order chi connectivity index (χ1) is 4.33. The lowest BCUT2D eigenvalue weighted by atomic mass is 10.5. The summed E-state index contributed by atoms with van der Waals surface area (Å²) in [7, 11) is 1.55. The molecular weight excluding hydrogens is 140 g/mol. The molecule has 0 saturated carbocycles. The Hall–Kier alpha value is -0.670. The highest BCUT2D eigenvalue weighted by Crippen LogP contribution is 2.07. The fourth-order valence-electron chi connectivity index (χ4n) is 0.488. The molecule has 1 aliphatic heterocycles. The van der Waals surface area contributed by atoms with E-state index in [4.69, 9.17) is 16.4 Å². The summed E-state index contributed by atoms with van der Waals surface area (Å²) in [4.78, 5) is 4.77. The summed E-state index contributed by atoms with van der Waals surface area (Å²) >= 11 is 5.60. The largest absolute Gasteiger partial charge is 0.282 e. The maximum atomic E-state index is 5.60. The SMILES string of the molecule is CON1C=C(Cl)C=CN1. The van der Waals surface area contributed by atoms with Gasteiger partial charge in [-0.1, -0.05) is 11.6 Å². The fourth-order valence-corrected chi connectivity index (χ4v) is 0.640. The van der Waals surface area contributed by atoms with E-state index in [2.05, 4.69) is 5.43 Å². The van der Waals surface area contributed by atoms with Gasteiger partial charge in [-0.25, -0.2) is 0 Å². The molecule has 0 aliphatic carbocycles. The molecule has 1 heterocycles. The summed E-state index contributed by atoms with van der Waals surface area (Å²) in [5.41, 5.74) is 2.77. The van der Waals surface area contributed by atoms with E-state index >= 15 is 0 Å². The smallest absolute Gasteiger partial charge is 0.0704 e. The number of halogens is 1. The van der Waals surface area contributed by atoms with E-state index in [-0.39, 0.29) is 0 Å². The number of rotatable bonds is 1. The molecule has 1 N–H and O–H groups in total. The van der Waals surface area contributed by atoms with Gasteiger partial charge in [-0.15, -0.1) is 0 Å². The Kier molecular flexibility index (Phi) is 1.97. The maximum absolute atomic E-state index is 5.60. The first kappa shape index (κ1) is 6.45. The topological polar surface area (TPSA) is 24.5 Å². The van der Waals surface area contributed by atoms with Crippen molar-refractivity contribution in [2.75, 3.05) is 7.11 Å². The van der Waals surface area contributed by atoms with Crippen LogP contribution in [0.1, 0.15) is 0 Å². The standard InChI is InChI=1S/C5H7ClN2O/c1-9-8-4-5(6)2-3-7-8/h2-4,7H,1H3. The van der Waals surface area contributed by atoms with Crippen LogP contribution in [0.4, 0.5) is 0 Å². The molecule has 4 heteroatoms. The zero-order valence-corrected chi connectivity index (χ0v) is 5.72. The Bertz CT molecular complexity index is 155. The number of hydrogen-bond acceptors (Lipinski definition) is 3. The van der Waals surface area contributed by atoms with Gasteiger partial charge in [0, 0.05) is 6.20 Å². The van der Waals surface area contributed by atoms with Crippen molar-refractivity contribution in [1.82, 2.24) is 10.6 Å². The van der Waals surface area contributed by atoms with Crippen molar-refractivity contribution >= 4 is 11.6 Å². The van der Waals surface area contributed by atoms with Gasteiger partial charge in [-0.3, -0.25) is 10.3 Å². The molecule has 0 atom stereocenters. The Morgan fingerprint density at radius 2 is 2.56 bits per heavy atom. The molecule has 1 aliphatic rings. The molecule has 0 spiro atoms. The molecule has 0 unspecified atom stereocenters. The molecule has 0 aromatic rings. The highest BCUT2D eigenvalue weighted by Gasteiger charge is 1.98. The summed E-state index contributed by atoms with van der Waals surface area (Å²) in [6, 6.07) is 0. The first-order valence-corrected chi connectivity index (χ1v) is 2.84. The average molecular weight is 147 g/mol. The van der Waals surface area contributed by atoms with Crippen molar-refractivity contribution in [3.8, 4) is 0 Å². The van der Waals surface area contributed by atoms with E-state index < -0.39 is 0 Å². The van der Waals surface area contributed by atoms with Crippen LogP contribution in [0.3, 0.4) is 0 Å². The second-order valence-electron chi connectivity index (χ2n) is 1.48. The summed E-state index contributed by atoms with van der Waals surface area (Å²) in [6.45, 7) is 0. The van der Waals surface area contributed by atoms with Gasteiger partial charge in [-0.2, -0.15) is 5.17 Å². The summed E-state index contributed by atoms with van der Waals surface area (Å²) in [5, 5.41) is 2.04. The van der Waals surface area contributed by atoms with Gasteiger partial charge >= 0.3 is 0 Å². The van der Waals surface area contributed by atoms with Crippen molar-refractivity contribution in [1.29, 1.82) is 0 Å². The molecule has 9 heavy (non-hydrogen) atoms. The minimum absolute atomic E-state index is 0.635. The minimum atomic E-state index is 0.635. The third-order valence-corrected chi connectivity index (χ3v) is 1.11. The predicted molar refractivity (Wildman–Crippen MR) is 35.1 cm³/mol. The fraction of sp³-hybridized carbons (Fsp3) is 0.200. The molecule has 0 aromatic heterocycles. The molecule has 1 rings (SSSR count). The zero-order chi connectivity index (χ0) is 6.69.